The van der Waals surface area contributed by atoms with Gasteiger partial charge in [0.2, 0.25) is 0 Å². The van der Waals surface area contributed by atoms with Crippen molar-refractivity contribution >= 4 is 24.7 Å². The summed E-state index contributed by atoms with van der Waals surface area (Å²) in [5.41, 5.74) is -0.602. The lowest BCUT2D eigenvalue weighted by atomic mass is 9.92. The van der Waals surface area contributed by atoms with Crippen LogP contribution < -0.4 is 10.4 Å². The van der Waals surface area contributed by atoms with E-state index in [4.69, 9.17) is 18.6 Å². The molecule has 3 saturated heterocycles. The minimum atomic E-state index is -2.63. The molecule has 7 atom stereocenters. The maximum absolute atomic E-state index is 11.7. The Bertz CT molecular complexity index is 1160. The maximum atomic E-state index is 11.7. The number of hydrogen-bond donors (Lipinski definition) is 1. The van der Waals surface area contributed by atoms with Gasteiger partial charge in [-0.1, -0.05) is 88.4 Å². The quantitative estimate of drug-likeness (QED) is 0.241. The van der Waals surface area contributed by atoms with Crippen LogP contribution in [0.1, 0.15) is 73.1 Å². The van der Waals surface area contributed by atoms with Gasteiger partial charge in [-0.05, 0) is 41.6 Å². The predicted octanol–water partition coefficient (Wildman–Crippen LogP) is 4.73. The molecule has 2 aromatic rings. The molecule has 3 heterocycles. The molecule has 42 heavy (non-hydrogen) atoms. The Balaban J connectivity index is 1.26. The molecular weight excluding hydrogens is 548 g/mol. The van der Waals surface area contributed by atoms with E-state index in [-0.39, 0.29) is 35.7 Å². The Morgan fingerprint density at radius 2 is 1.62 bits per heavy atom. The van der Waals surface area contributed by atoms with Crippen molar-refractivity contribution in [3.63, 3.8) is 0 Å². The molecule has 0 aromatic heterocycles. The highest BCUT2D eigenvalue weighted by atomic mass is 28.4. The highest BCUT2D eigenvalue weighted by molar-refractivity contribution is 6.99. The van der Waals surface area contributed by atoms with Gasteiger partial charge in [0.15, 0.2) is 11.9 Å². The summed E-state index contributed by atoms with van der Waals surface area (Å²) in [7, 11) is -1.35. The SMILES string of the molecule is COC(=O)C(O)C[C@]1(C)O[C@H]1[C@@H]1CC[C@]2(CCC[C@@H]([C@@H](C)CO[Si](c3ccccc3)(c3ccccc3)C(C)(C)C)O2)O1. The number of carbonyl (C=O) groups is 1. The first kappa shape index (κ1) is 31.4. The lowest BCUT2D eigenvalue weighted by Crippen LogP contribution is -2.67. The van der Waals surface area contributed by atoms with Gasteiger partial charge >= 0.3 is 5.97 Å². The van der Waals surface area contributed by atoms with Crippen LogP contribution >= 0.6 is 0 Å². The van der Waals surface area contributed by atoms with Crippen molar-refractivity contribution in [2.75, 3.05) is 13.7 Å². The lowest BCUT2D eigenvalue weighted by Gasteiger charge is -2.45. The molecule has 1 N–H and O–H groups in total. The van der Waals surface area contributed by atoms with Gasteiger partial charge in [-0.2, -0.15) is 0 Å². The maximum Gasteiger partial charge on any atom is 0.334 e. The number of aliphatic hydroxyl groups is 1. The molecule has 3 aliphatic rings. The molecule has 1 unspecified atom stereocenters. The summed E-state index contributed by atoms with van der Waals surface area (Å²) in [5.74, 6) is -1.07. The van der Waals surface area contributed by atoms with Crippen molar-refractivity contribution in [3.05, 3.63) is 60.7 Å². The molecule has 7 nitrogen and oxygen atoms in total. The standard InChI is InChI=1S/C34H48O7Si/c1-24(23-38-42(32(2,3)4,25-14-9-7-10-15-25)26-16-11-8-12-17-26)28-18-13-20-34(39-28)21-19-29(40-34)30-33(5,41-30)22-27(35)31(36)37-6/h7-12,14-17,24,27-30,35H,13,18-23H2,1-6H3/t24-,27?,28-,29-,30-,33-,34-/m0/s1. The predicted molar refractivity (Wildman–Crippen MR) is 164 cm³/mol. The van der Waals surface area contributed by atoms with Gasteiger partial charge in [0.1, 0.15) is 6.10 Å². The number of rotatable bonds is 10. The van der Waals surface area contributed by atoms with Crippen molar-refractivity contribution in [1.82, 2.24) is 0 Å². The zero-order valence-corrected chi connectivity index (χ0v) is 27.0. The van der Waals surface area contributed by atoms with Gasteiger partial charge in [-0.25, -0.2) is 4.79 Å². The molecular formula is C34H48O7Si. The number of epoxide rings is 1. The van der Waals surface area contributed by atoms with Gasteiger partial charge in [-0.3, -0.25) is 0 Å². The lowest BCUT2D eigenvalue weighted by molar-refractivity contribution is -0.280. The number of hydrogen-bond acceptors (Lipinski definition) is 7. The van der Waals surface area contributed by atoms with Crippen LogP contribution in [-0.4, -0.2) is 68.9 Å². The summed E-state index contributed by atoms with van der Waals surface area (Å²) in [6.07, 6.45) is 3.23. The van der Waals surface area contributed by atoms with Crippen LogP contribution in [0.4, 0.5) is 0 Å². The fourth-order valence-corrected chi connectivity index (χ4v) is 11.9. The van der Waals surface area contributed by atoms with Gasteiger partial charge in [-0.15, -0.1) is 0 Å². The highest BCUT2D eigenvalue weighted by Gasteiger charge is 2.62. The van der Waals surface area contributed by atoms with E-state index in [1.165, 1.54) is 17.5 Å². The number of aliphatic hydroxyl groups excluding tert-OH is 1. The largest absolute Gasteiger partial charge is 0.467 e. The van der Waals surface area contributed by atoms with E-state index in [9.17, 15) is 9.90 Å². The van der Waals surface area contributed by atoms with E-state index < -0.39 is 31.8 Å². The minimum Gasteiger partial charge on any atom is -0.467 e. The highest BCUT2D eigenvalue weighted by Crippen LogP contribution is 2.51. The zero-order chi connectivity index (χ0) is 30.2. The Labute approximate surface area is 252 Å². The van der Waals surface area contributed by atoms with E-state index in [0.29, 0.717) is 6.61 Å². The molecule has 0 aliphatic carbocycles. The van der Waals surface area contributed by atoms with Crippen molar-refractivity contribution in [1.29, 1.82) is 0 Å². The molecule has 0 saturated carbocycles. The molecule has 3 aliphatic heterocycles. The second-order valence-electron chi connectivity index (χ2n) is 13.7. The summed E-state index contributed by atoms with van der Waals surface area (Å²) in [4.78, 5) is 11.7. The third-order valence-electron chi connectivity index (χ3n) is 9.55. The Hall–Kier alpha value is -2.07. The minimum absolute atomic E-state index is 0.0309. The van der Waals surface area contributed by atoms with Gasteiger partial charge < -0.3 is 28.5 Å². The molecule has 0 amide bonds. The van der Waals surface area contributed by atoms with Crippen LogP contribution in [0.25, 0.3) is 0 Å². The molecule has 5 rings (SSSR count). The summed E-state index contributed by atoms with van der Waals surface area (Å²) in [6, 6.07) is 21.5. The zero-order valence-electron chi connectivity index (χ0n) is 26.0. The van der Waals surface area contributed by atoms with Crippen molar-refractivity contribution in [2.24, 2.45) is 5.92 Å². The monoisotopic (exact) mass is 596 g/mol. The van der Waals surface area contributed by atoms with E-state index in [0.717, 1.165) is 32.1 Å². The van der Waals surface area contributed by atoms with E-state index in [1.54, 1.807) is 0 Å². The van der Waals surface area contributed by atoms with Crippen LogP contribution in [0.5, 0.6) is 0 Å². The van der Waals surface area contributed by atoms with E-state index in [2.05, 4.69) is 93.1 Å². The second kappa shape index (κ2) is 12.1. The number of benzene rings is 2. The van der Waals surface area contributed by atoms with Crippen molar-refractivity contribution < 1.29 is 33.3 Å². The average Bonchev–Trinajstić information content (AvgIpc) is 3.48. The number of ether oxygens (including phenoxy) is 4. The smallest absolute Gasteiger partial charge is 0.334 e. The molecule has 0 radical (unpaired) electrons. The number of methoxy groups -OCH3 is 1. The van der Waals surface area contributed by atoms with Gasteiger partial charge in [0, 0.05) is 31.8 Å². The van der Waals surface area contributed by atoms with Gasteiger partial charge in [0.25, 0.3) is 8.32 Å². The molecule has 8 heteroatoms. The van der Waals surface area contributed by atoms with Crippen molar-refractivity contribution in [3.8, 4) is 0 Å². The van der Waals surface area contributed by atoms with Gasteiger partial charge in [0.05, 0.1) is 24.9 Å². The van der Waals surface area contributed by atoms with Crippen LogP contribution in [0.3, 0.4) is 0 Å². The van der Waals surface area contributed by atoms with Crippen LogP contribution in [0, 0.1) is 5.92 Å². The molecule has 230 valence electrons. The number of esters is 1. The summed E-state index contributed by atoms with van der Waals surface area (Å²) in [5, 5.41) is 12.6. The summed E-state index contributed by atoms with van der Waals surface area (Å²) >= 11 is 0. The first-order valence-corrected chi connectivity index (χ1v) is 17.4. The second-order valence-corrected chi connectivity index (χ2v) is 18.0. The van der Waals surface area contributed by atoms with Crippen LogP contribution in [0.15, 0.2) is 60.7 Å². The third-order valence-corrected chi connectivity index (χ3v) is 14.6. The first-order chi connectivity index (χ1) is 19.9. The van der Waals surface area contributed by atoms with E-state index >= 15 is 0 Å². The normalized spacial score (nSPS) is 31.1. The Morgan fingerprint density at radius 3 is 2.19 bits per heavy atom. The molecule has 3 fully saturated rings. The fourth-order valence-electron chi connectivity index (χ4n) is 7.22. The summed E-state index contributed by atoms with van der Waals surface area (Å²) < 4.78 is 31.3. The van der Waals surface area contributed by atoms with Crippen LogP contribution in [0.2, 0.25) is 5.04 Å². The van der Waals surface area contributed by atoms with Crippen LogP contribution in [-0.2, 0) is 28.2 Å². The Morgan fingerprint density at radius 1 is 1.00 bits per heavy atom. The third kappa shape index (κ3) is 6.12. The average molecular weight is 597 g/mol. The first-order valence-electron chi connectivity index (χ1n) is 15.5. The topological polar surface area (TPSA) is 86.8 Å². The Kier molecular flexibility index (Phi) is 9.06. The van der Waals surface area contributed by atoms with Crippen molar-refractivity contribution in [2.45, 2.75) is 114 Å². The molecule has 0 bridgehead atoms. The molecule has 2 aromatic carbocycles. The molecule has 1 spiro atoms. The number of carbonyl (C=O) groups excluding carboxylic acids is 1. The fraction of sp³-hybridized carbons (Fsp3) is 0.618. The summed E-state index contributed by atoms with van der Waals surface area (Å²) in [6.45, 7) is 11.7. The van der Waals surface area contributed by atoms with E-state index in [1.807, 2.05) is 6.92 Å².